The maximum atomic E-state index is 13.5. The molecule has 0 bridgehead atoms. The molecule has 1 saturated heterocycles. The van der Waals surface area contributed by atoms with Gasteiger partial charge in [0.15, 0.2) is 0 Å². The quantitative estimate of drug-likeness (QED) is 0.448. The number of pyridine rings is 2. The molecule has 0 amide bonds. The number of ether oxygens (including phenoxy) is 1. The van der Waals surface area contributed by atoms with Crippen LogP contribution >= 0.6 is 11.6 Å². The molecule has 1 atom stereocenters. The molecular weight excluding hydrogens is 464 g/mol. The lowest BCUT2D eigenvalue weighted by atomic mass is 10.2. The molecule has 33 heavy (non-hydrogen) atoms. The number of halogens is 1. The summed E-state index contributed by atoms with van der Waals surface area (Å²) in [5, 5.41) is 9.33. The van der Waals surface area contributed by atoms with Gasteiger partial charge in [0.25, 0.3) is 5.56 Å². The summed E-state index contributed by atoms with van der Waals surface area (Å²) < 4.78 is 35.6. The smallest absolute Gasteiger partial charge is 0.267 e. The number of benzene rings is 1. The molecule has 0 radical (unpaired) electrons. The third-order valence-electron chi connectivity index (χ3n) is 5.84. The largest absolute Gasteiger partial charge is 0.376 e. The second-order valence-corrected chi connectivity index (χ2v) is 10.5. The van der Waals surface area contributed by atoms with Crippen molar-refractivity contribution in [3.63, 3.8) is 0 Å². The van der Waals surface area contributed by atoms with Crippen molar-refractivity contribution in [1.82, 2.24) is 14.0 Å². The van der Waals surface area contributed by atoms with E-state index in [1.165, 1.54) is 39.3 Å². The number of rotatable bonds is 4. The van der Waals surface area contributed by atoms with Crippen molar-refractivity contribution in [1.29, 1.82) is 5.41 Å². The van der Waals surface area contributed by atoms with E-state index in [-0.39, 0.29) is 39.0 Å². The number of hydrogen-bond donors (Lipinski definition) is 1. The molecular formula is C23H21ClN4O4S. The molecule has 0 aliphatic carbocycles. The monoisotopic (exact) mass is 484 g/mol. The molecule has 3 aromatic heterocycles. The first-order valence-electron chi connectivity index (χ1n) is 10.5. The zero-order chi connectivity index (χ0) is 23.3. The van der Waals surface area contributed by atoms with Gasteiger partial charge in [-0.25, -0.2) is 13.4 Å². The lowest BCUT2D eigenvalue weighted by molar-refractivity contribution is 0.0965. The van der Waals surface area contributed by atoms with Crippen molar-refractivity contribution in [3.8, 4) is 0 Å². The van der Waals surface area contributed by atoms with E-state index in [0.717, 1.165) is 18.4 Å². The molecule has 5 rings (SSSR count). The molecule has 1 aliphatic rings. The second kappa shape index (κ2) is 8.09. The van der Waals surface area contributed by atoms with Gasteiger partial charge in [-0.05, 0) is 61.7 Å². The van der Waals surface area contributed by atoms with Crippen LogP contribution in [-0.2, 0) is 21.1 Å². The van der Waals surface area contributed by atoms with E-state index in [4.69, 9.17) is 21.7 Å². The van der Waals surface area contributed by atoms with Crippen LogP contribution in [0.3, 0.4) is 0 Å². The molecule has 0 saturated carbocycles. The molecule has 4 heterocycles. The van der Waals surface area contributed by atoms with E-state index >= 15 is 0 Å². The minimum absolute atomic E-state index is 0.00638. The van der Waals surface area contributed by atoms with Crippen LogP contribution in [0.5, 0.6) is 0 Å². The first kappa shape index (κ1) is 21.8. The fourth-order valence-corrected chi connectivity index (χ4v) is 5.64. The molecule has 1 unspecified atom stereocenters. The van der Waals surface area contributed by atoms with Crippen molar-refractivity contribution in [2.45, 2.75) is 42.2 Å². The highest BCUT2D eigenvalue weighted by atomic mass is 35.5. The van der Waals surface area contributed by atoms with Gasteiger partial charge in [0.2, 0.25) is 9.84 Å². The van der Waals surface area contributed by atoms with Crippen LogP contribution in [0.15, 0.2) is 63.2 Å². The third-order valence-corrected chi connectivity index (χ3v) is 7.88. The summed E-state index contributed by atoms with van der Waals surface area (Å²) >= 11 is 5.92. The Morgan fingerprint density at radius 2 is 1.97 bits per heavy atom. The molecule has 4 aromatic rings. The predicted molar refractivity (Wildman–Crippen MR) is 123 cm³/mol. The Labute approximate surface area is 194 Å². The Balaban J connectivity index is 1.84. The van der Waals surface area contributed by atoms with Crippen LogP contribution in [-0.4, -0.2) is 35.1 Å². The number of aryl methyl sites for hydroxylation is 1. The SMILES string of the molecule is Cc1ccc2nc3c(cc(S(=O)(=O)c4ccc(Cl)cc4)c(=N)n3CC3CCCO3)c(=O)n2c1. The number of nitrogens with one attached hydrogen (secondary N) is 1. The summed E-state index contributed by atoms with van der Waals surface area (Å²) in [5.74, 6) is 0. The van der Waals surface area contributed by atoms with Crippen LogP contribution in [0, 0.1) is 12.3 Å². The summed E-state index contributed by atoms with van der Waals surface area (Å²) in [6.45, 7) is 2.70. The van der Waals surface area contributed by atoms with E-state index in [9.17, 15) is 13.2 Å². The molecule has 170 valence electrons. The van der Waals surface area contributed by atoms with Crippen molar-refractivity contribution in [2.24, 2.45) is 0 Å². The first-order valence-corrected chi connectivity index (χ1v) is 12.4. The fraction of sp³-hybridized carbons (Fsp3) is 0.261. The standard InChI is InChI=1S/C23H21ClN4O4S/c1-14-4-9-20-26-22-18(23(29)27(20)12-14)11-19(21(25)28(22)13-16-3-2-10-32-16)33(30,31)17-7-5-15(24)6-8-17/h4-9,11-12,16,25H,2-3,10,13H2,1H3. The van der Waals surface area contributed by atoms with E-state index in [0.29, 0.717) is 17.3 Å². The van der Waals surface area contributed by atoms with E-state index in [2.05, 4.69) is 4.98 Å². The van der Waals surface area contributed by atoms with Gasteiger partial charge in [0, 0.05) is 17.8 Å². The van der Waals surface area contributed by atoms with Crippen LogP contribution in [0.1, 0.15) is 18.4 Å². The van der Waals surface area contributed by atoms with Gasteiger partial charge in [0.1, 0.15) is 21.7 Å². The summed E-state index contributed by atoms with van der Waals surface area (Å²) in [6.07, 6.45) is 3.15. The Kier molecular flexibility index (Phi) is 5.35. The minimum atomic E-state index is -4.10. The second-order valence-electron chi connectivity index (χ2n) is 8.15. The van der Waals surface area contributed by atoms with Gasteiger partial charge >= 0.3 is 0 Å². The van der Waals surface area contributed by atoms with Crippen LogP contribution in [0.4, 0.5) is 0 Å². The van der Waals surface area contributed by atoms with Gasteiger partial charge in [-0.1, -0.05) is 17.7 Å². The summed E-state index contributed by atoms with van der Waals surface area (Å²) in [4.78, 5) is 17.8. The van der Waals surface area contributed by atoms with Gasteiger partial charge in [-0.2, -0.15) is 0 Å². The molecule has 0 spiro atoms. The van der Waals surface area contributed by atoms with Gasteiger partial charge in [0.05, 0.1) is 22.9 Å². The number of fused-ring (bicyclic) bond motifs is 2. The average molecular weight is 485 g/mol. The predicted octanol–water partition coefficient (Wildman–Crippen LogP) is 3.10. The molecule has 8 nitrogen and oxygen atoms in total. The normalized spacial score (nSPS) is 16.6. The van der Waals surface area contributed by atoms with Crippen molar-refractivity contribution < 1.29 is 13.2 Å². The minimum Gasteiger partial charge on any atom is -0.376 e. The summed E-state index contributed by atoms with van der Waals surface area (Å²) in [7, 11) is -4.10. The maximum absolute atomic E-state index is 13.5. The number of hydrogen-bond acceptors (Lipinski definition) is 6. The van der Waals surface area contributed by atoms with Gasteiger partial charge in [-0.15, -0.1) is 0 Å². The molecule has 1 aromatic carbocycles. The van der Waals surface area contributed by atoms with Crippen molar-refractivity contribution >= 4 is 38.1 Å². The molecule has 1 aliphatic heterocycles. The van der Waals surface area contributed by atoms with Crippen LogP contribution < -0.4 is 11.0 Å². The highest BCUT2D eigenvalue weighted by Gasteiger charge is 2.26. The fourth-order valence-electron chi connectivity index (χ4n) is 4.13. The Morgan fingerprint density at radius 1 is 1.21 bits per heavy atom. The van der Waals surface area contributed by atoms with Crippen LogP contribution in [0.25, 0.3) is 16.7 Å². The zero-order valence-corrected chi connectivity index (χ0v) is 19.4. The lowest BCUT2D eigenvalue weighted by Gasteiger charge is -2.18. The lowest BCUT2D eigenvalue weighted by Crippen LogP contribution is -2.33. The molecule has 1 N–H and O–H groups in total. The Bertz CT molecular complexity index is 1620. The Morgan fingerprint density at radius 3 is 2.67 bits per heavy atom. The topological polar surface area (TPSA) is 107 Å². The van der Waals surface area contributed by atoms with E-state index < -0.39 is 15.4 Å². The highest BCUT2D eigenvalue weighted by molar-refractivity contribution is 7.91. The van der Waals surface area contributed by atoms with Gasteiger partial charge < -0.3 is 9.30 Å². The average Bonchev–Trinajstić information content (AvgIpc) is 3.30. The maximum Gasteiger partial charge on any atom is 0.267 e. The highest BCUT2D eigenvalue weighted by Crippen LogP contribution is 2.23. The number of nitrogens with zero attached hydrogens (tertiary/aromatic N) is 3. The van der Waals surface area contributed by atoms with Crippen molar-refractivity contribution in [2.75, 3.05) is 6.61 Å². The summed E-state index contributed by atoms with van der Waals surface area (Å²) in [6, 6.07) is 10.6. The summed E-state index contributed by atoms with van der Waals surface area (Å²) in [5.41, 5.74) is 0.916. The number of aromatic nitrogens is 3. The first-order chi connectivity index (χ1) is 15.8. The van der Waals surface area contributed by atoms with Gasteiger partial charge in [-0.3, -0.25) is 14.6 Å². The third kappa shape index (κ3) is 3.76. The molecule has 10 heteroatoms. The zero-order valence-electron chi connectivity index (χ0n) is 17.8. The van der Waals surface area contributed by atoms with E-state index in [1.54, 1.807) is 12.3 Å². The van der Waals surface area contributed by atoms with Crippen molar-refractivity contribution in [3.05, 3.63) is 75.1 Å². The molecule has 1 fully saturated rings. The van der Waals surface area contributed by atoms with Crippen LogP contribution in [0.2, 0.25) is 5.02 Å². The number of sulfone groups is 1. The van der Waals surface area contributed by atoms with E-state index in [1.807, 2.05) is 13.0 Å². The Hall–Kier alpha value is -3.01.